The normalized spacial score (nSPS) is 14.2. The zero-order chi connectivity index (χ0) is 24.7. The largest absolute Gasteiger partial charge is 0.256 e. The third-order valence-electron chi connectivity index (χ3n) is 8.35. The lowest BCUT2D eigenvalue weighted by molar-refractivity contribution is 0.647. The van der Waals surface area contributed by atoms with Crippen LogP contribution in [0.25, 0.3) is 44.1 Å². The molecule has 2 nitrogen and oxygen atoms in total. The lowest BCUT2D eigenvalue weighted by atomic mass is 9.62. The molecule has 0 atom stereocenters. The highest BCUT2D eigenvalue weighted by Crippen LogP contribution is 2.62. The summed E-state index contributed by atoms with van der Waals surface area (Å²) in [6.07, 6.45) is 5.05. The van der Waals surface area contributed by atoms with Crippen LogP contribution in [0.5, 0.6) is 0 Å². The molecule has 0 radical (unpaired) electrons. The van der Waals surface area contributed by atoms with Gasteiger partial charge in [-0.05, 0) is 63.2 Å². The Morgan fingerprint density at radius 3 is 2.19 bits per heavy atom. The number of fused-ring (bicyclic) bond motifs is 11. The van der Waals surface area contributed by atoms with Gasteiger partial charge in [0, 0.05) is 34.3 Å². The maximum atomic E-state index is 5.20. The van der Waals surface area contributed by atoms with Crippen LogP contribution < -0.4 is 0 Å². The van der Waals surface area contributed by atoms with Crippen molar-refractivity contribution in [3.8, 4) is 22.4 Å². The summed E-state index contributed by atoms with van der Waals surface area (Å²) in [5.41, 5.74) is 12.1. The van der Waals surface area contributed by atoms with E-state index < -0.39 is 5.41 Å². The Bertz CT molecular complexity index is 1850. The van der Waals surface area contributed by atoms with Gasteiger partial charge in [-0.2, -0.15) is 0 Å². The summed E-state index contributed by atoms with van der Waals surface area (Å²) < 4.78 is 0. The van der Waals surface area contributed by atoms with Crippen molar-refractivity contribution in [2.75, 3.05) is 0 Å². The van der Waals surface area contributed by atoms with E-state index in [1.165, 1.54) is 60.7 Å². The topological polar surface area (TPSA) is 25.8 Å². The highest BCUT2D eigenvalue weighted by atomic mass is 14.7. The Labute approximate surface area is 216 Å². The molecule has 2 heteroatoms. The summed E-state index contributed by atoms with van der Waals surface area (Å²) in [4.78, 5) is 10.0. The molecular weight excluding hydrogens is 448 g/mol. The van der Waals surface area contributed by atoms with Gasteiger partial charge < -0.3 is 0 Å². The van der Waals surface area contributed by atoms with E-state index in [1.54, 1.807) is 0 Å². The van der Waals surface area contributed by atoms with Crippen LogP contribution in [0.3, 0.4) is 0 Å². The van der Waals surface area contributed by atoms with Crippen molar-refractivity contribution in [2.45, 2.75) is 25.7 Å². The molecule has 4 aromatic carbocycles. The van der Waals surface area contributed by atoms with Crippen LogP contribution in [-0.4, -0.2) is 9.97 Å². The summed E-state index contributed by atoms with van der Waals surface area (Å²) in [7, 11) is 0. The minimum absolute atomic E-state index is 0.457. The van der Waals surface area contributed by atoms with Crippen molar-refractivity contribution in [1.82, 2.24) is 9.97 Å². The molecule has 0 N–H and O–H groups in total. The average Bonchev–Trinajstić information content (AvgIpc) is 3.22. The summed E-state index contributed by atoms with van der Waals surface area (Å²) in [5.74, 6) is 0.595. The molecule has 2 aliphatic carbocycles. The molecule has 0 amide bonds. The Hall–Kier alpha value is -4.30. The number of rotatable bonds is 2. The van der Waals surface area contributed by atoms with Crippen LogP contribution in [0.2, 0.25) is 0 Å². The quantitative estimate of drug-likeness (QED) is 0.252. The first-order valence-corrected chi connectivity index (χ1v) is 13.2. The van der Waals surface area contributed by atoms with Crippen LogP contribution in [-0.2, 0) is 11.8 Å². The van der Waals surface area contributed by atoms with Crippen molar-refractivity contribution in [2.24, 2.45) is 5.92 Å². The zero-order valence-corrected chi connectivity index (χ0v) is 21.0. The molecule has 0 aliphatic heterocycles. The predicted octanol–water partition coefficient (Wildman–Crippen LogP) is 8.33. The van der Waals surface area contributed by atoms with Gasteiger partial charge in [-0.15, -0.1) is 0 Å². The smallest absolute Gasteiger partial charge is 0.0763 e. The monoisotopic (exact) mass is 474 g/mol. The minimum atomic E-state index is -0.457. The molecule has 2 aliphatic rings. The second-order valence-corrected chi connectivity index (χ2v) is 10.9. The second-order valence-electron chi connectivity index (χ2n) is 10.9. The van der Waals surface area contributed by atoms with Crippen LogP contribution >= 0.6 is 0 Å². The first kappa shape index (κ1) is 20.8. The molecule has 2 aromatic heterocycles. The van der Waals surface area contributed by atoms with Gasteiger partial charge in [0.05, 0.1) is 16.6 Å². The fourth-order valence-corrected chi connectivity index (χ4v) is 7.09. The van der Waals surface area contributed by atoms with E-state index >= 15 is 0 Å². The summed E-state index contributed by atoms with van der Waals surface area (Å²) in [6, 6.07) is 33.7. The second kappa shape index (κ2) is 7.36. The molecule has 0 fully saturated rings. The lowest BCUT2D eigenvalue weighted by Crippen LogP contribution is -2.32. The van der Waals surface area contributed by atoms with E-state index in [9.17, 15) is 0 Å². The van der Waals surface area contributed by atoms with E-state index in [1.807, 2.05) is 6.20 Å². The van der Waals surface area contributed by atoms with E-state index in [0.29, 0.717) is 5.92 Å². The summed E-state index contributed by atoms with van der Waals surface area (Å²) in [5, 5.41) is 3.71. The minimum Gasteiger partial charge on any atom is -0.256 e. The van der Waals surface area contributed by atoms with Gasteiger partial charge in [0.2, 0.25) is 0 Å². The third kappa shape index (κ3) is 2.60. The van der Waals surface area contributed by atoms with Gasteiger partial charge in [-0.3, -0.25) is 9.97 Å². The standard InChI is InChI=1S/C35H26N2/c1-21(2)18-22-14-15-23-20-37-34-26-16-17-36-31-13-7-12-30(32(26)31)35(33(34)27(23)19-22)28-10-5-3-8-24(28)25-9-4-6-11-29(25)35/h3-17,19-21H,18H2,1-2H3. The molecule has 0 saturated heterocycles. The fourth-order valence-electron chi connectivity index (χ4n) is 7.09. The molecule has 2 heterocycles. The van der Waals surface area contributed by atoms with Gasteiger partial charge in [-0.25, -0.2) is 0 Å². The van der Waals surface area contributed by atoms with Crippen LogP contribution in [0.4, 0.5) is 0 Å². The van der Waals surface area contributed by atoms with E-state index in [0.717, 1.165) is 17.6 Å². The number of hydrogen-bond acceptors (Lipinski definition) is 2. The third-order valence-corrected chi connectivity index (χ3v) is 8.35. The predicted molar refractivity (Wildman–Crippen MR) is 152 cm³/mol. The molecule has 8 rings (SSSR count). The highest BCUT2D eigenvalue weighted by Gasteiger charge is 2.51. The van der Waals surface area contributed by atoms with Crippen molar-refractivity contribution in [3.05, 3.63) is 131 Å². The highest BCUT2D eigenvalue weighted by molar-refractivity contribution is 6.08. The Balaban J connectivity index is 1.65. The molecule has 1 spiro atoms. The van der Waals surface area contributed by atoms with E-state index in [-0.39, 0.29) is 0 Å². The number of nitrogens with zero attached hydrogens (tertiary/aromatic N) is 2. The van der Waals surface area contributed by atoms with E-state index in [2.05, 4.69) is 111 Å². The number of benzene rings is 4. The Morgan fingerprint density at radius 2 is 1.43 bits per heavy atom. The first-order chi connectivity index (χ1) is 18.2. The molecular formula is C35H26N2. The van der Waals surface area contributed by atoms with Crippen molar-refractivity contribution >= 4 is 21.7 Å². The summed E-state index contributed by atoms with van der Waals surface area (Å²) in [6.45, 7) is 4.59. The van der Waals surface area contributed by atoms with Gasteiger partial charge in [-0.1, -0.05) is 92.7 Å². The van der Waals surface area contributed by atoms with Crippen molar-refractivity contribution < 1.29 is 0 Å². The van der Waals surface area contributed by atoms with Gasteiger partial charge in [0.1, 0.15) is 0 Å². The van der Waals surface area contributed by atoms with Crippen LogP contribution in [0.1, 0.15) is 41.7 Å². The number of aromatic nitrogens is 2. The summed E-state index contributed by atoms with van der Waals surface area (Å²) >= 11 is 0. The van der Waals surface area contributed by atoms with Crippen LogP contribution in [0.15, 0.2) is 103 Å². The maximum Gasteiger partial charge on any atom is 0.0763 e. The Kier molecular flexibility index (Phi) is 4.15. The average molecular weight is 475 g/mol. The molecule has 0 saturated carbocycles. The molecule has 6 aromatic rings. The maximum absolute atomic E-state index is 5.20. The molecule has 176 valence electrons. The zero-order valence-electron chi connectivity index (χ0n) is 21.0. The first-order valence-electron chi connectivity index (χ1n) is 13.2. The van der Waals surface area contributed by atoms with Gasteiger partial charge in [0.25, 0.3) is 0 Å². The van der Waals surface area contributed by atoms with Gasteiger partial charge >= 0.3 is 0 Å². The van der Waals surface area contributed by atoms with Crippen LogP contribution in [0, 0.1) is 5.92 Å². The fraction of sp³-hybridized carbons (Fsp3) is 0.143. The molecule has 0 bridgehead atoms. The van der Waals surface area contributed by atoms with E-state index in [4.69, 9.17) is 9.97 Å². The van der Waals surface area contributed by atoms with Crippen molar-refractivity contribution in [1.29, 1.82) is 0 Å². The molecule has 0 unspecified atom stereocenters. The lowest BCUT2D eigenvalue weighted by Gasteiger charge is -2.40. The SMILES string of the molecule is CC(C)Cc1ccc2cnc3c(c2c1)C1(c2ccccc2-c2ccccc21)c1cccc2nccc-3c12. The number of hydrogen-bond donors (Lipinski definition) is 0. The molecule has 37 heavy (non-hydrogen) atoms. The number of pyridine rings is 2. The Morgan fingerprint density at radius 1 is 0.703 bits per heavy atom. The van der Waals surface area contributed by atoms with Gasteiger partial charge in [0.15, 0.2) is 0 Å². The van der Waals surface area contributed by atoms with Crippen molar-refractivity contribution in [3.63, 3.8) is 0 Å².